The van der Waals surface area contributed by atoms with E-state index < -0.39 is 10.0 Å². The lowest BCUT2D eigenvalue weighted by molar-refractivity contribution is 0.0454. The average molecular weight is 331 g/mol. The molecule has 4 rings (SSSR count). The molecule has 2 aliphatic rings. The van der Waals surface area contributed by atoms with Crippen LogP contribution in [0, 0.1) is 5.41 Å². The molecule has 2 N–H and O–H groups in total. The first-order chi connectivity index (χ1) is 11.0. The molecule has 1 spiro atoms. The quantitative estimate of drug-likeness (QED) is 0.914. The summed E-state index contributed by atoms with van der Waals surface area (Å²) in [6.45, 7) is 0.986. The number of fused-ring (bicyclic) bond motifs is 1. The zero-order valence-corrected chi connectivity index (χ0v) is 13.8. The van der Waals surface area contributed by atoms with Crippen LogP contribution in [0.3, 0.4) is 0 Å². The Bertz CT molecular complexity index is 841. The van der Waals surface area contributed by atoms with Crippen LogP contribution in [-0.4, -0.2) is 36.8 Å². The highest BCUT2D eigenvalue weighted by molar-refractivity contribution is 7.89. The lowest BCUT2D eigenvalue weighted by atomic mass is 9.64. The van der Waals surface area contributed by atoms with Crippen LogP contribution in [0.2, 0.25) is 0 Å². The number of benzene rings is 1. The van der Waals surface area contributed by atoms with Gasteiger partial charge in [-0.2, -0.15) is 4.31 Å². The van der Waals surface area contributed by atoms with E-state index in [1.807, 2.05) is 24.3 Å². The molecule has 0 bridgehead atoms. The molecule has 1 atom stereocenters. The van der Waals surface area contributed by atoms with Crippen molar-refractivity contribution in [1.29, 1.82) is 0 Å². The van der Waals surface area contributed by atoms with Crippen molar-refractivity contribution < 1.29 is 8.42 Å². The SMILES string of the molecule is NC1CN(S(=O)(=O)c2cncc3ccccc23)CC2(CCC2)C1. The van der Waals surface area contributed by atoms with E-state index in [9.17, 15) is 8.42 Å². The summed E-state index contributed by atoms with van der Waals surface area (Å²) in [5, 5.41) is 1.57. The second-order valence-electron chi connectivity index (χ2n) is 6.97. The third-order valence-corrected chi connectivity index (χ3v) is 7.15. The van der Waals surface area contributed by atoms with Crippen LogP contribution in [-0.2, 0) is 10.0 Å². The molecule has 2 fully saturated rings. The summed E-state index contributed by atoms with van der Waals surface area (Å²) in [5.41, 5.74) is 6.28. The molecule has 1 aromatic carbocycles. The largest absolute Gasteiger partial charge is 0.326 e. The van der Waals surface area contributed by atoms with Gasteiger partial charge in [0.05, 0.1) is 0 Å². The number of sulfonamides is 1. The molecule has 1 unspecified atom stereocenters. The Morgan fingerprint density at radius 3 is 2.74 bits per heavy atom. The Labute approximate surface area is 136 Å². The number of nitrogens with zero attached hydrogens (tertiary/aromatic N) is 2. The molecule has 1 aromatic heterocycles. The van der Waals surface area contributed by atoms with E-state index in [0.29, 0.717) is 18.0 Å². The minimum absolute atomic E-state index is 0.0817. The molecule has 1 saturated carbocycles. The van der Waals surface area contributed by atoms with Crippen molar-refractivity contribution in [2.75, 3.05) is 13.1 Å². The molecule has 1 saturated heterocycles. The fourth-order valence-electron chi connectivity index (χ4n) is 4.04. The molecule has 2 heterocycles. The number of rotatable bonds is 2. The maximum Gasteiger partial charge on any atom is 0.245 e. The van der Waals surface area contributed by atoms with E-state index in [0.717, 1.165) is 30.0 Å². The van der Waals surface area contributed by atoms with Gasteiger partial charge in [0.2, 0.25) is 10.0 Å². The number of pyridine rings is 1. The number of hydrogen-bond donors (Lipinski definition) is 1. The third-order valence-electron chi connectivity index (χ3n) is 5.31. The molecule has 0 radical (unpaired) electrons. The lowest BCUT2D eigenvalue weighted by Crippen LogP contribution is -2.56. The van der Waals surface area contributed by atoms with Gasteiger partial charge in [0.25, 0.3) is 0 Å². The summed E-state index contributed by atoms with van der Waals surface area (Å²) < 4.78 is 28.0. The van der Waals surface area contributed by atoms with Gasteiger partial charge >= 0.3 is 0 Å². The van der Waals surface area contributed by atoms with Crippen LogP contribution in [0.15, 0.2) is 41.6 Å². The van der Waals surface area contributed by atoms with E-state index in [1.165, 1.54) is 12.6 Å². The standard InChI is InChI=1S/C17H21N3O2S/c18-14-8-17(6-3-7-17)12-20(11-14)23(21,22)16-10-19-9-13-4-1-2-5-15(13)16/h1-2,4-5,9-10,14H,3,6-8,11-12,18H2. The zero-order valence-electron chi connectivity index (χ0n) is 13.0. The third kappa shape index (κ3) is 2.45. The predicted octanol–water partition coefficient (Wildman–Crippen LogP) is 2.13. The summed E-state index contributed by atoms with van der Waals surface area (Å²) in [7, 11) is -3.58. The second-order valence-corrected chi connectivity index (χ2v) is 8.88. The highest BCUT2D eigenvalue weighted by Gasteiger charge is 2.46. The Morgan fingerprint density at radius 2 is 2.00 bits per heavy atom. The van der Waals surface area contributed by atoms with Gasteiger partial charge in [-0.1, -0.05) is 30.7 Å². The molecule has 23 heavy (non-hydrogen) atoms. The van der Waals surface area contributed by atoms with Crippen molar-refractivity contribution in [3.8, 4) is 0 Å². The fourth-order valence-corrected chi connectivity index (χ4v) is 5.81. The second kappa shape index (κ2) is 5.26. The molecule has 1 aliphatic heterocycles. The number of aromatic nitrogens is 1. The Kier molecular flexibility index (Phi) is 3.44. The monoisotopic (exact) mass is 331 g/mol. The van der Waals surface area contributed by atoms with Gasteiger partial charge in [0.15, 0.2) is 0 Å². The first-order valence-electron chi connectivity index (χ1n) is 8.09. The van der Waals surface area contributed by atoms with Crippen molar-refractivity contribution in [2.45, 2.75) is 36.6 Å². The Morgan fingerprint density at radius 1 is 1.22 bits per heavy atom. The van der Waals surface area contributed by atoms with Crippen molar-refractivity contribution in [1.82, 2.24) is 9.29 Å². The maximum atomic E-state index is 13.2. The van der Waals surface area contributed by atoms with Crippen LogP contribution in [0.5, 0.6) is 0 Å². The van der Waals surface area contributed by atoms with Gasteiger partial charge in [-0.15, -0.1) is 0 Å². The average Bonchev–Trinajstić information content (AvgIpc) is 2.52. The van der Waals surface area contributed by atoms with E-state index in [4.69, 9.17) is 5.73 Å². The van der Waals surface area contributed by atoms with Crippen molar-refractivity contribution in [3.63, 3.8) is 0 Å². The van der Waals surface area contributed by atoms with Crippen LogP contribution >= 0.6 is 0 Å². The first-order valence-corrected chi connectivity index (χ1v) is 9.53. The minimum Gasteiger partial charge on any atom is -0.326 e. The van der Waals surface area contributed by atoms with Gasteiger partial charge in [-0.25, -0.2) is 8.42 Å². The lowest BCUT2D eigenvalue weighted by Gasteiger charge is -2.50. The molecule has 122 valence electrons. The molecule has 2 aromatic rings. The zero-order chi connectivity index (χ0) is 16.1. The summed E-state index contributed by atoms with van der Waals surface area (Å²) in [5.74, 6) is 0. The van der Waals surface area contributed by atoms with Crippen LogP contribution in [0.1, 0.15) is 25.7 Å². The van der Waals surface area contributed by atoms with Crippen LogP contribution < -0.4 is 5.73 Å². The maximum absolute atomic E-state index is 13.2. The normalized spacial score (nSPS) is 24.7. The summed E-state index contributed by atoms with van der Waals surface area (Å²) >= 11 is 0. The van der Waals surface area contributed by atoms with Crippen LogP contribution in [0.25, 0.3) is 10.8 Å². The number of hydrogen-bond acceptors (Lipinski definition) is 4. The van der Waals surface area contributed by atoms with Crippen LogP contribution in [0.4, 0.5) is 0 Å². The Hall–Kier alpha value is -1.50. The molecule has 1 aliphatic carbocycles. The number of piperidine rings is 1. The summed E-state index contributed by atoms with van der Waals surface area (Å²) in [6, 6.07) is 7.39. The van der Waals surface area contributed by atoms with Gasteiger partial charge in [-0.3, -0.25) is 4.98 Å². The van der Waals surface area contributed by atoms with E-state index in [1.54, 1.807) is 10.5 Å². The van der Waals surface area contributed by atoms with Gasteiger partial charge < -0.3 is 5.73 Å². The topological polar surface area (TPSA) is 76.3 Å². The predicted molar refractivity (Wildman–Crippen MR) is 89.4 cm³/mol. The van der Waals surface area contributed by atoms with E-state index >= 15 is 0 Å². The first kappa shape index (κ1) is 15.1. The van der Waals surface area contributed by atoms with Gasteiger partial charge in [0, 0.05) is 42.3 Å². The van der Waals surface area contributed by atoms with E-state index in [2.05, 4.69) is 4.98 Å². The molecular weight excluding hydrogens is 310 g/mol. The van der Waals surface area contributed by atoms with E-state index in [-0.39, 0.29) is 11.5 Å². The highest BCUT2D eigenvalue weighted by Crippen LogP contribution is 2.48. The number of nitrogens with two attached hydrogens (primary N) is 1. The van der Waals surface area contributed by atoms with Crippen molar-refractivity contribution in [3.05, 3.63) is 36.7 Å². The summed E-state index contributed by atoms with van der Waals surface area (Å²) in [4.78, 5) is 4.42. The highest BCUT2D eigenvalue weighted by atomic mass is 32.2. The smallest absolute Gasteiger partial charge is 0.245 e. The fraction of sp³-hybridized carbons (Fsp3) is 0.471. The molecular formula is C17H21N3O2S. The minimum atomic E-state index is -3.58. The molecule has 6 heteroatoms. The van der Waals surface area contributed by atoms with Gasteiger partial charge in [0.1, 0.15) is 4.90 Å². The van der Waals surface area contributed by atoms with Gasteiger partial charge in [-0.05, 0) is 24.7 Å². The van der Waals surface area contributed by atoms with Crippen molar-refractivity contribution in [2.24, 2.45) is 11.1 Å². The summed E-state index contributed by atoms with van der Waals surface area (Å²) in [6.07, 6.45) is 7.44. The van der Waals surface area contributed by atoms with Crippen molar-refractivity contribution >= 4 is 20.8 Å². The molecule has 5 nitrogen and oxygen atoms in total. The molecule has 0 amide bonds. The Balaban J connectivity index is 1.77.